The van der Waals surface area contributed by atoms with Gasteiger partial charge in [-0.15, -0.1) is 0 Å². The summed E-state index contributed by atoms with van der Waals surface area (Å²) in [7, 11) is 0. The van der Waals surface area contributed by atoms with Crippen LogP contribution in [0.15, 0.2) is 48.5 Å². The zero-order valence-electron chi connectivity index (χ0n) is 21.0. The third-order valence-corrected chi connectivity index (χ3v) is 5.77. The fourth-order valence-corrected chi connectivity index (χ4v) is 4.15. The van der Waals surface area contributed by atoms with E-state index in [0.29, 0.717) is 22.4 Å². The van der Waals surface area contributed by atoms with Crippen LogP contribution in [0.2, 0.25) is 5.02 Å². The van der Waals surface area contributed by atoms with E-state index in [1.54, 1.807) is 42.5 Å². The Bertz CT molecular complexity index is 1360. The standard InChI is InChI=1S/C27H30ClN5O5/c1-14(2)33-22-11-21(28)25(17-7-18(29)9-19(8-17)38-13-24(35)36)20(26(22)37)10-23(34)32-12-15-3-5-16(6-4-15)27(30)31/h3-9,11,14,33,37H,10,12-13,29H2,1-2H3,(H3,30,31)(H,32,34)(H,35,36). The number of nitrogen functional groups attached to an aromatic ring is 2. The van der Waals surface area contributed by atoms with Crippen LogP contribution in [0.25, 0.3) is 11.1 Å². The molecule has 0 saturated carbocycles. The Kier molecular flexibility index (Phi) is 9.03. The number of hydrogen-bond donors (Lipinski definition) is 7. The summed E-state index contributed by atoms with van der Waals surface area (Å²) in [5.41, 5.74) is 14.6. The Hall–Kier alpha value is -4.44. The molecule has 10 nitrogen and oxygen atoms in total. The van der Waals surface area contributed by atoms with E-state index < -0.39 is 12.6 Å². The maximum atomic E-state index is 13.0. The molecule has 0 aliphatic rings. The van der Waals surface area contributed by atoms with Crippen LogP contribution in [0.4, 0.5) is 11.4 Å². The predicted octanol–water partition coefficient (Wildman–Crippen LogP) is 3.72. The number of nitrogens with two attached hydrogens (primary N) is 2. The van der Waals surface area contributed by atoms with Crippen LogP contribution in [0.1, 0.15) is 30.5 Å². The molecular formula is C27H30ClN5O5. The van der Waals surface area contributed by atoms with Crippen molar-refractivity contribution in [2.24, 2.45) is 5.73 Å². The van der Waals surface area contributed by atoms with Crippen LogP contribution in [0.3, 0.4) is 0 Å². The number of anilines is 2. The lowest BCUT2D eigenvalue weighted by molar-refractivity contribution is -0.139. The maximum Gasteiger partial charge on any atom is 0.341 e. The number of carbonyl (C=O) groups is 2. The number of rotatable bonds is 11. The largest absolute Gasteiger partial charge is 0.505 e. The molecule has 0 saturated heterocycles. The fourth-order valence-electron chi connectivity index (χ4n) is 3.82. The minimum absolute atomic E-state index is 0.0224. The van der Waals surface area contributed by atoms with Crippen molar-refractivity contribution in [2.75, 3.05) is 17.7 Å². The van der Waals surface area contributed by atoms with E-state index in [2.05, 4.69) is 10.6 Å². The van der Waals surface area contributed by atoms with Crippen molar-refractivity contribution in [1.82, 2.24) is 5.32 Å². The average molecular weight is 540 g/mol. The molecule has 0 radical (unpaired) electrons. The molecule has 0 unspecified atom stereocenters. The van der Waals surface area contributed by atoms with Gasteiger partial charge >= 0.3 is 5.97 Å². The number of benzene rings is 3. The molecule has 0 spiro atoms. The third-order valence-electron chi connectivity index (χ3n) is 5.47. The quantitative estimate of drug-likeness (QED) is 0.0831. The molecule has 11 heteroatoms. The van der Waals surface area contributed by atoms with Crippen LogP contribution in [-0.4, -0.2) is 40.6 Å². The van der Waals surface area contributed by atoms with E-state index >= 15 is 0 Å². The molecule has 38 heavy (non-hydrogen) atoms. The third kappa shape index (κ3) is 7.30. The second kappa shape index (κ2) is 12.2. The molecule has 0 aromatic heterocycles. The van der Waals surface area contributed by atoms with Crippen molar-refractivity contribution in [3.8, 4) is 22.6 Å². The number of phenols is 1. The van der Waals surface area contributed by atoms with E-state index in [0.717, 1.165) is 5.56 Å². The Balaban J connectivity index is 1.96. The number of amidine groups is 1. The highest BCUT2D eigenvalue weighted by atomic mass is 35.5. The summed E-state index contributed by atoms with van der Waals surface area (Å²) in [6, 6.07) is 13.1. The van der Waals surface area contributed by atoms with Gasteiger partial charge in [0, 0.05) is 41.0 Å². The van der Waals surface area contributed by atoms with Crippen LogP contribution in [0.5, 0.6) is 11.5 Å². The average Bonchev–Trinajstić information content (AvgIpc) is 2.84. The molecule has 0 aliphatic carbocycles. The van der Waals surface area contributed by atoms with Crippen LogP contribution in [-0.2, 0) is 22.6 Å². The summed E-state index contributed by atoms with van der Waals surface area (Å²) in [4.78, 5) is 23.9. The van der Waals surface area contributed by atoms with Gasteiger partial charge in [-0.1, -0.05) is 35.9 Å². The first-order valence-corrected chi connectivity index (χ1v) is 12.1. The Morgan fingerprint density at radius 2 is 1.82 bits per heavy atom. The highest BCUT2D eigenvalue weighted by molar-refractivity contribution is 6.34. The van der Waals surface area contributed by atoms with Gasteiger partial charge in [0.15, 0.2) is 6.61 Å². The summed E-state index contributed by atoms with van der Waals surface area (Å²) < 4.78 is 5.29. The molecular weight excluding hydrogens is 510 g/mol. The Morgan fingerprint density at radius 3 is 2.42 bits per heavy atom. The molecule has 200 valence electrons. The first-order chi connectivity index (χ1) is 17.9. The number of carboxylic acids is 1. The number of hydrogen-bond acceptors (Lipinski definition) is 7. The van der Waals surface area contributed by atoms with Crippen molar-refractivity contribution < 1.29 is 24.5 Å². The first-order valence-electron chi connectivity index (χ1n) is 11.7. The molecule has 3 rings (SSSR count). The van der Waals surface area contributed by atoms with Crippen molar-refractivity contribution >= 4 is 40.7 Å². The van der Waals surface area contributed by atoms with Crippen molar-refractivity contribution in [1.29, 1.82) is 5.41 Å². The monoisotopic (exact) mass is 539 g/mol. The molecule has 0 aliphatic heterocycles. The van der Waals surface area contributed by atoms with E-state index in [9.17, 15) is 14.7 Å². The maximum absolute atomic E-state index is 13.0. The number of aliphatic carboxylic acids is 1. The number of amides is 1. The van der Waals surface area contributed by atoms with Crippen LogP contribution < -0.4 is 26.8 Å². The van der Waals surface area contributed by atoms with E-state index in [1.165, 1.54) is 6.07 Å². The second-order valence-corrected chi connectivity index (χ2v) is 9.35. The number of carboxylic acid groups (broad SMARTS) is 1. The summed E-state index contributed by atoms with van der Waals surface area (Å²) in [5, 5.41) is 33.8. The van der Waals surface area contributed by atoms with Crippen molar-refractivity contribution in [3.05, 3.63) is 70.2 Å². The first kappa shape index (κ1) is 28.1. The normalized spacial score (nSPS) is 10.7. The highest BCUT2D eigenvalue weighted by Gasteiger charge is 2.22. The Morgan fingerprint density at radius 1 is 1.13 bits per heavy atom. The zero-order chi connectivity index (χ0) is 28.0. The highest BCUT2D eigenvalue weighted by Crippen LogP contribution is 2.43. The zero-order valence-corrected chi connectivity index (χ0v) is 21.7. The topological polar surface area (TPSA) is 184 Å². The van der Waals surface area contributed by atoms with Crippen LogP contribution in [0, 0.1) is 5.41 Å². The molecule has 3 aromatic carbocycles. The SMILES string of the molecule is CC(C)Nc1cc(Cl)c(-c2cc(N)cc(OCC(=O)O)c2)c(CC(=O)NCc2ccc(C(=N)N)cc2)c1O. The van der Waals surface area contributed by atoms with Crippen molar-refractivity contribution in [3.63, 3.8) is 0 Å². The van der Waals surface area contributed by atoms with Gasteiger partial charge < -0.3 is 37.1 Å². The van der Waals surface area contributed by atoms with E-state index in [-0.39, 0.29) is 58.5 Å². The molecule has 0 atom stereocenters. The molecule has 0 fully saturated rings. The summed E-state index contributed by atoms with van der Waals surface area (Å²) in [5.74, 6) is -1.52. The number of aromatic hydroxyl groups is 1. The lowest BCUT2D eigenvalue weighted by Gasteiger charge is -2.20. The molecule has 0 heterocycles. The van der Waals surface area contributed by atoms with Gasteiger partial charge in [-0.2, -0.15) is 0 Å². The van der Waals surface area contributed by atoms with Crippen LogP contribution >= 0.6 is 11.6 Å². The van der Waals surface area contributed by atoms with E-state index in [1.807, 2.05) is 13.8 Å². The van der Waals surface area contributed by atoms with Gasteiger partial charge in [-0.3, -0.25) is 10.2 Å². The summed E-state index contributed by atoms with van der Waals surface area (Å²) in [6.07, 6.45) is -0.208. The molecule has 9 N–H and O–H groups in total. The van der Waals surface area contributed by atoms with Gasteiger partial charge in [0.2, 0.25) is 5.91 Å². The number of halogens is 1. The summed E-state index contributed by atoms with van der Waals surface area (Å²) in [6.45, 7) is 3.45. The fraction of sp³-hybridized carbons (Fsp3) is 0.222. The number of ether oxygens (including phenoxy) is 1. The van der Waals surface area contributed by atoms with Gasteiger partial charge in [0.25, 0.3) is 0 Å². The van der Waals surface area contributed by atoms with Gasteiger partial charge in [0.05, 0.1) is 17.1 Å². The number of phenolic OH excluding ortho intramolecular Hbond substituents is 1. The number of nitrogens with one attached hydrogen (secondary N) is 3. The minimum atomic E-state index is -1.15. The van der Waals surface area contributed by atoms with Gasteiger partial charge in [0.1, 0.15) is 17.3 Å². The lowest BCUT2D eigenvalue weighted by atomic mass is 9.94. The van der Waals surface area contributed by atoms with E-state index in [4.69, 9.17) is 38.3 Å². The number of carbonyl (C=O) groups excluding carboxylic acids is 1. The molecule has 3 aromatic rings. The summed E-state index contributed by atoms with van der Waals surface area (Å²) >= 11 is 6.67. The van der Waals surface area contributed by atoms with Gasteiger partial charge in [-0.05, 0) is 43.2 Å². The smallest absolute Gasteiger partial charge is 0.341 e. The second-order valence-electron chi connectivity index (χ2n) is 8.94. The molecule has 0 bridgehead atoms. The predicted molar refractivity (Wildman–Crippen MR) is 148 cm³/mol. The van der Waals surface area contributed by atoms with Crippen molar-refractivity contribution in [2.45, 2.75) is 32.9 Å². The Labute approximate surface area is 225 Å². The minimum Gasteiger partial charge on any atom is -0.505 e. The van der Waals surface area contributed by atoms with Gasteiger partial charge in [-0.25, -0.2) is 4.79 Å². The lowest BCUT2D eigenvalue weighted by Crippen LogP contribution is -2.25. The molecule has 1 amide bonds.